The van der Waals surface area contributed by atoms with E-state index >= 15 is 0 Å². The van der Waals surface area contributed by atoms with Crippen LogP contribution >= 0.6 is 22.9 Å². The van der Waals surface area contributed by atoms with Crippen molar-refractivity contribution in [1.82, 2.24) is 0 Å². The van der Waals surface area contributed by atoms with E-state index in [1.54, 1.807) is 11.3 Å². The van der Waals surface area contributed by atoms with Crippen LogP contribution in [0.1, 0.15) is 44.1 Å². The van der Waals surface area contributed by atoms with Crippen LogP contribution < -0.4 is 0 Å². The van der Waals surface area contributed by atoms with Gasteiger partial charge in [0.1, 0.15) is 0 Å². The number of hydrogen-bond acceptors (Lipinski definition) is 1. The summed E-state index contributed by atoms with van der Waals surface area (Å²) in [4.78, 5) is 0. The van der Waals surface area contributed by atoms with Crippen molar-refractivity contribution >= 4 is 22.9 Å². The molecule has 98 valence electrons. The summed E-state index contributed by atoms with van der Waals surface area (Å²) in [5.74, 6) is 3.04. The third-order valence-corrected chi connectivity index (χ3v) is 7.09. The lowest BCUT2D eigenvalue weighted by atomic mass is 9.48. The Morgan fingerprint density at radius 2 is 1.78 bits per heavy atom. The molecule has 1 atom stereocenters. The fourth-order valence-electron chi connectivity index (χ4n) is 5.39. The van der Waals surface area contributed by atoms with E-state index in [0.29, 0.717) is 10.8 Å². The molecule has 0 N–H and O–H groups in total. The highest BCUT2D eigenvalue weighted by Crippen LogP contribution is 2.62. The summed E-state index contributed by atoms with van der Waals surface area (Å²) in [6.45, 7) is 0. The van der Waals surface area contributed by atoms with Crippen LogP contribution in [0.4, 0.5) is 0 Å². The number of thiophene rings is 1. The number of halogens is 1. The summed E-state index contributed by atoms with van der Waals surface area (Å²) in [7, 11) is 0. The van der Waals surface area contributed by atoms with Crippen molar-refractivity contribution in [3.63, 3.8) is 0 Å². The molecule has 18 heavy (non-hydrogen) atoms. The fourth-order valence-corrected chi connectivity index (χ4v) is 6.52. The van der Waals surface area contributed by atoms with E-state index < -0.39 is 0 Å². The van der Waals surface area contributed by atoms with E-state index in [2.05, 4.69) is 16.8 Å². The maximum atomic E-state index is 6.90. The smallest absolute Gasteiger partial charge is 0.0433 e. The zero-order valence-electron chi connectivity index (χ0n) is 10.8. The van der Waals surface area contributed by atoms with Crippen molar-refractivity contribution in [2.75, 3.05) is 0 Å². The van der Waals surface area contributed by atoms with Crippen molar-refractivity contribution in [2.45, 2.75) is 50.3 Å². The lowest BCUT2D eigenvalue weighted by molar-refractivity contribution is -0.0545. The minimum absolute atomic E-state index is 0.375. The maximum absolute atomic E-state index is 6.90. The van der Waals surface area contributed by atoms with Gasteiger partial charge < -0.3 is 0 Å². The van der Waals surface area contributed by atoms with Crippen LogP contribution in [-0.2, 0) is 6.42 Å². The normalized spacial score (nSPS) is 43.3. The van der Waals surface area contributed by atoms with Crippen molar-refractivity contribution < 1.29 is 0 Å². The second-order valence-corrected chi connectivity index (χ2v) is 8.39. The summed E-state index contributed by atoms with van der Waals surface area (Å²) in [5, 5.41) is 4.83. The Labute approximate surface area is 119 Å². The van der Waals surface area contributed by atoms with Crippen LogP contribution in [0, 0.1) is 23.2 Å². The van der Waals surface area contributed by atoms with Crippen LogP contribution in [0.3, 0.4) is 0 Å². The molecule has 5 rings (SSSR count). The highest BCUT2D eigenvalue weighted by molar-refractivity contribution is 7.07. The average Bonchev–Trinajstić information content (AvgIpc) is 2.79. The van der Waals surface area contributed by atoms with E-state index in [1.807, 2.05) is 0 Å². The molecule has 1 heterocycles. The van der Waals surface area contributed by atoms with Crippen LogP contribution in [0.25, 0.3) is 0 Å². The summed E-state index contributed by atoms with van der Waals surface area (Å²) in [5.41, 5.74) is 1.95. The first-order valence-corrected chi connectivity index (χ1v) is 8.76. The molecule has 4 fully saturated rings. The van der Waals surface area contributed by atoms with Crippen molar-refractivity contribution in [3.05, 3.63) is 22.4 Å². The summed E-state index contributed by atoms with van der Waals surface area (Å²) in [6, 6.07) is 2.25. The van der Waals surface area contributed by atoms with E-state index in [-0.39, 0.29) is 0 Å². The molecule has 1 aromatic rings. The maximum Gasteiger partial charge on any atom is 0.0433 e. The zero-order valence-corrected chi connectivity index (χ0v) is 12.3. The first-order chi connectivity index (χ1) is 8.73. The predicted octanol–water partition coefficient (Wildman–Crippen LogP) is 5.11. The lowest BCUT2D eigenvalue weighted by Crippen LogP contribution is -2.50. The molecule has 4 aliphatic rings. The Morgan fingerprint density at radius 3 is 2.28 bits per heavy atom. The second kappa shape index (κ2) is 4.24. The summed E-state index contributed by atoms with van der Waals surface area (Å²) in [6.07, 6.45) is 9.92. The van der Waals surface area contributed by atoms with E-state index in [9.17, 15) is 0 Å². The highest BCUT2D eigenvalue weighted by Gasteiger charge is 2.53. The molecule has 0 nitrogen and oxygen atoms in total. The van der Waals surface area contributed by atoms with Gasteiger partial charge in [-0.2, -0.15) is 11.3 Å². The van der Waals surface area contributed by atoms with Gasteiger partial charge in [0.25, 0.3) is 0 Å². The van der Waals surface area contributed by atoms with Gasteiger partial charge >= 0.3 is 0 Å². The molecule has 4 bridgehead atoms. The highest BCUT2D eigenvalue weighted by atomic mass is 35.5. The largest absolute Gasteiger partial charge is 0.152 e. The molecule has 1 aromatic heterocycles. The van der Waals surface area contributed by atoms with Gasteiger partial charge in [0.15, 0.2) is 0 Å². The molecule has 4 saturated carbocycles. The Balaban J connectivity index is 1.56. The van der Waals surface area contributed by atoms with Gasteiger partial charge in [-0.15, -0.1) is 11.6 Å². The third-order valence-electron chi connectivity index (χ3n) is 5.75. The Bertz CT molecular complexity index is 387. The fraction of sp³-hybridized carbons (Fsp3) is 0.750. The monoisotopic (exact) mass is 280 g/mol. The minimum atomic E-state index is 0.375. The van der Waals surface area contributed by atoms with Gasteiger partial charge in [-0.05, 0) is 90.5 Å². The molecule has 0 radical (unpaired) electrons. The Hall–Kier alpha value is -0.0100. The second-order valence-electron chi connectivity index (χ2n) is 7.08. The molecule has 0 saturated heterocycles. The minimum Gasteiger partial charge on any atom is -0.152 e. The topological polar surface area (TPSA) is 0 Å². The van der Waals surface area contributed by atoms with Gasteiger partial charge in [0.2, 0.25) is 0 Å². The number of rotatable bonds is 3. The molecule has 2 heteroatoms. The first kappa shape index (κ1) is 11.8. The molecular weight excluding hydrogens is 260 g/mol. The lowest BCUT2D eigenvalue weighted by Gasteiger charge is -2.58. The average molecular weight is 281 g/mol. The Morgan fingerprint density at radius 1 is 1.17 bits per heavy atom. The van der Waals surface area contributed by atoms with Gasteiger partial charge in [0, 0.05) is 5.38 Å². The molecule has 0 spiro atoms. The van der Waals surface area contributed by atoms with Gasteiger partial charge in [-0.25, -0.2) is 0 Å². The van der Waals surface area contributed by atoms with Crippen molar-refractivity contribution in [2.24, 2.45) is 23.2 Å². The van der Waals surface area contributed by atoms with E-state index in [4.69, 9.17) is 11.6 Å². The van der Waals surface area contributed by atoms with E-state index in [0.717, 1.165) is 24.2 Å². The predicted molar refractivity (Wildman–Crippen MR) is 78.3 cm³/mol. The van der Waals surface area contributed by atoms with Gasteiger partial charge in [0.05, 0.1) is 0 Å². The van der Waals surface area contributed by atoms with Gasteiger partial charge in [-0.1, -0.05) is 0 Å². The summed E-state index contributed by atoms with van der Waals surface area (Å²) < 4.78 is 0. The molecule has 0 aliphatic heterocycles. The zero-order chi connectivity index (χ0) is 12.2. The first-order valence-electron chi connectivity index (χ1n) is 7.39. The van der Waals surface area contributed by atoms with Crippen molar-refractivity contribution in [3.8, 4) is 0 Å². The Kier molecular flexibility index (Phi) is 2.78. The number of hydrogen-bond donors (Lipinski definition) is 0. The van der Waals surface area contributed by atoms with Crippen LogP contribution in [0.2, 0.25) is 0 Å². The van der Waals surface area contributed by atoms with Crippen LogP contribution in [0.5, 0.6) is 0 Å². The molecule has 4 aliphatic carbocycles. The van der Waals surface area contributed by atoms with Crippen LogP contribution in [0.15, 0.2) is 16.8 Å². The molecular formula is C16H21ClS. The standard InChI is InChI=1S/C16H21ClS/c17-15(6-11-1-2-18-10-11)16-7-12-3-13(8-16)5-14(4-12)9-16/h1-2,10,12-15H,3-9H2. The molecule has 0 aromatic carbocycles. The molecule has 0 amide bonds. The van der Waals surface area contributed by atoms with Crippen LogP contribution in [-0.4, -0.2) is 5.38 Å². The van der Waals surface area contributed by atoms with E-state index in [1.165, 1.54) is 44.1 Å². The number of alkyl halides is 1. The SMILES string of the molecule is ClC(Cc1ccsc1)C12CC3CC(CC(C3)C1)C2. The molecule has 1 unspecified atom stereocenters. The summed E-state index contributed by atoms with van der Waals surface area (Å²) >= 11 is 8.70. The van der Waals surface area contributed by atoms with Gasteiger partial charge in [-0.3, -0.25) is 0 Å². The third kappa shape index (κ3) is 1.86. The van der Waals surface area contributed by atoms with Crippen molar-refractivity contribution in [1.29, 1.82) is 0 Å². The quantitative estimate of drug-likeness (QED) is 0.675.